The third-order valence-corrected chi connectivity index (χ3v) is 6.11. The molecule has 1 fully saturated rings. The monoisotopic (exact) mass is 432 g/mol. The minimum absolute atomic E-state index is 0.685. The number of piperazine rings is 1. The number of oxazole rings is 1. The highest BCUT2D eigenvalue weighted by atomic mass is 16.4. The van der Waals surface area contributed by atoms with E-state index in [-0.39, 0.29) is 0 Å². The van der Waals surface area contributed by atoms with Gasteiger partial charge < -0.3 is 14.6 Å². The molecule has 1 aromatic heterocycles. The van der Waals surface area contributed by atoms with Crippen molar-refractivity contribution in [2.24, 2.45) is 0 Å². The average molecular weight is 433 g/mol. The molecule has 5 nitrogen and oxygen atoms in total. The van der Waals surface area contributed by atoms with Crippen LogP contribution in [0.3, 0.4) is 0 Å². The van der Waals surface area contributed by atoms with Crippen LogP contribution >= 0.6 is 0 Å². The van der Waals surface area contributed by atoms with Gasteiger partial charge in [-0.2, -0.15) is 0 Å². The summed E-state index contributed by atoms with van der Waals surface area (Å²) in [6.07, 6.45) is 3.11. The summed E-state index contributed by atoms with van der Waals surface area (Å²) in [5, 5.41) is 3.52. The second-order valence-corrected chi connectivity index (χ2v) is 8.69. The standard InChI is InChI=1S/C27H36N4O/c1-3-9-25-27(23-11-5-4-6-12-23)29-26(32-25)21-28-14-8-15-30-16-18-31(19-17-30)24-13-7-10-22(2)20-24/h4-7,10-13,20,28H,3,8-9,14-19,21H2,1-2H3. The van der Waals surface area contributed by atoms with Crippen LogP contribution < -0.4 is 10.2 Å². The Balaban J connectivity index is 1.19. The molecule has 170 valence electrons. The fraction of sp³-hybridized carbons (Fsp3) is 0.444. The Labute approximate surface area is 192 Å². The molecule has 4 rings (SSSR count). The highest BCUT2D eigenvalue weighted by Gasteiger charge is 2.17. The number of hydrogen-bond donors (Lipinski definition) is 1. The van der Waals surface area contributed by atoms with Crippen LogP contribution in [0, 0.1) is 6.92 Å². The van der Waals surface area contributed by atoms with Gasteiger partial charge in [0.1, 0.15) is 11.5 Å². The Morgan fingerprint density at radius 2 is 1.81 bits per heavy atom. The Morgan fingerprint density at radius 1 is 1.00 bits per heavy atom. The van der Waals surface area contributed by atoms with E-state index in [2.05, 4.69) is 77.5 Å². The largest absolute Gasteiger partial charge is 0.444 e. The zero-order valence-corrected chi connectivity index (χ0v) is 19.5. The number of aromatic nitrogens is 1. The summed E-state index contributed by atoms with van der Waals surface area (Å²) in [7, 11) is 0. The summed E-state index contributed by atoms with van der Waals surface area (Å²) < 4.78 is 6.08. The van der Waals surface area contributed by atoms with Crippen LogP contribution in [0.25, 0.3) is 11.3 Å². The molecule has 0 spiro atoms. The maximum atomic E-state index is 6.08. The Hall–Kier alpha value is -2.63. The fourth-order valence-corrected chi connectivity index (χ4v) is 4.37. The first kappa shape index (κ1) is 22.6. The van der Waals surface area contributed by atoms with Crippen LogP contribution in [0.1, 0.15) is 37.0 Å². The van der Waals surface area contributed by atoms with Crippen molar-refractivity contribution >= 4 is 5.69 Å². The second-order valence-electron chi connectivity index (χ2n) is 8.69. The van der Waals surface area contributed by atoms with Gasteiger partial charge in [0.2, 0.25) is 5.89 Å². The average Bonchev–Trinajstić information content (AvgIpc) is 3.23. The molecule has 32 heavy (non-hydrogen) atoms. The topological polar surface area (TPSA) is 44.5 Å². The molecule has 0 radical (unpaired) electrons. The molecular formula is C27H36N4O. The molecule has 2 aromatic carbocycles. The van der Waals surface area contributed by atoms with Crippen LogP contribution in [0.5, 0.6) is 0 Å². The van der Waals surface area contributed by atoms with Gasteiger partial charge in [-0.05, 0) is 50.6 Å². The molecular weight excluding hydrogens is 396 g/mol. The molecule has 1 N–H and O–H groups in total. The van der Waals surface area contributed by atoms with Crippen molar-refractivity contribution in [1.29, 1.82) is 0 Å². The van der Waals surface area contributed by atoms with Crippen molar-refractivity contribution in [1.82, 2.24) is 15.2 Å². The zero-order chi connectivity index (χ0) is 22.2. The van der Waals surface area contributed by atoms with Crippen LogP contribution in [-0.4, -0.2) is 49.2 Å². The molecule has 1 aliphatic rings. The number of anilines is 1. The summed E-state index contributed by atoms with van der Waals surface area (Å²) >= 11 is 0. The van der Waals surface area contributed by atoms with Crippen molar-refractivity contribution in [2.75, 3.05) is 44.2 Å². The normalized spacial score (nSPS) is 14.8. The Kier molecular flexibility index (Phi) is 7.97. The van der Waals surface area contributed by atoms with Crippen molar-refractivity contribution in [2.45, 2.75) is 39.7 Å². The Bertz CT molecular complexity index is 961. The van der Waals surface area contributed by atoms with Crippen LogP contribution in [0.4, 0.5) is 5.69 Å². The molecule has 0 saturated carbocycles. The van der Waals surface area contributed by atoms with Crippen molar-refractivity contribution in [3.8, 4) is 11.3 Å². The maximum absolute atomic E-state index is 6.08. The Morgan fingerprint density at radius 3 is 2.56 bits per heavy atom. The highest BCUT2D eigenvalue weighted by molar-refractivity contribution is 5.61. The summed E-state index contributed by atoms with van der Waals surface area (Å²) in [6.45, 7) is 11.6. The minimum atomic E-state index is 0.685. The number of benzene rings is 2. The molecule has 1 saturated heterocycles. The molecule has 3 aromatic rings. The molecule has 5 heteroatoms. The lowest BCUT2D eigenvalue weighted by atomic mass is 10.1. The van der Waals surface area contributed by atoms with Gasteiger partial charge in [0, 0.05) is 43.9 Å². The van der Waals surface area contributed by atoms with E-state index in [0.717, 1.165) is 81.4 Å². The summed E-state index contributed by atoms with van der Waals surface area (Å²) in [5.41, 5.74) is 4.82. The van der Waals surface area contributed by atoms with Gasteiger partial charge in [-0.3, -0.25) is 4.90 Å². The predicted molar refractivity (Wildman–Crippen MR) is 132 cm³/mol. The predicted octanol–water partition coefficient (Wildman–Crippen LogP) is 4.90. The number of aryl methyl sites for hydroxylation is 2. The minimum Gasteiger partial charge on any atom is -0.444 e. The van der Waals surface area contributed by atoms with E-state index in [1.165, 1.54) is 11.3 Å². The second kappa shape index (κ2) is 11.3. The molecule has 0 amide bonds. The van der Waals surface area contributed by atoms with E-state index >= 15 is 0 Å². The van der Waals surface area contributed by atoms with E-state index in [9.17, 15) is 0 Å². The van der Waals surface area contributed by atoms with Crippen LogP contribution in [0.15, 0.2) is 59.0 Å². The summed E-state index contributed by atoms with van der Waals surface area (Å²) in [4.78, 5) is 9.86. The third-order valence-electron chi connectivity index (χ3n) is 6.11. The summed E-state index contributed by atoms with van der Waals surface area (Å²) in [5.74, 6) is 1.79. The van der Waals surface area contributed by atoms with Crippen LogP contribution in [0.2, 0.25) is 0 Å². The fourth-order valence-electron chi connectivity index (χ4n) is 4.37. The summed E-state index contributed by atoms with van der Waals surface area (Å²) in [6, 6.07) is 19.2. The lowest BCUT2D eigenvalue weighted by molar-refractivity contribution is 0.253. The molecule has 1 aliphatic heterocycles. The van der Waals surface area contributed by atoms with Gasteiger partial charge in [0.05, 0.1) is 6.54 Å². The molecule has 0 unspecified atom stereocenters. The van der Waals surface area contributed by atoms with E-state index in [1.807, 2.05) is 6.07 Å². The lowest BCUT2D eigenvalue weighted by Crippen LogP contribution is -2.47. The van der Waals surface area contributed by atoms with Gasteiger partial charge in [-0.25, -0.2) is 4.98 Å². The zero-order valence-electron chi connectivity index (χ0n) is 19.5. The number of hydrogen-bond acceptors (Lipinski definition) is 5. The van der Waals surface area contributed by atoms with Crippen LogP contribution in [-0.2, 0) is 13.0 Å². The number of nitrogens with zero attached hydrogens (tertiary/aromatic N) is 3. The van der Waals surface area contributed by atoms with Gasteiger partial charge in [0.25, 0.3) is 0 Å². The van der Waals surface area contributed by atoms with Gasteiger partial charge in [-0.15, -0.1) is 0 Å². The SMILES string of the molecule is CCCc1oc(CNCCCN2CCN(c3cccc(C)c3)CC2)nc1-c1ccccc1. The van der Waals surface area contributed by atoms with Crippen molar-refractivity contribution < 1.29 is 4.42 Å². The third kappa shape index (κ3) is 5.99. The first-order chi connectivity index (χ1) is 15.7. The molecule has 0 bridgehead atoms. The van der Waals surface area contributed by atoms with E-state index in [1.54, 1.807) is 0 Å². The molecule has 2 heterocycles. The van der Waals surface area contributed by atoms with Crippen molar-refractivity contribution in [3.63, 3.8) is 0 Å². The van der Waals surface area contributed by atoms with E-state index < -0.39 is 0 Å². The van der Waals surface area contributed by atoms with Gasteiger partial charge in [0.15, 0.2) is 0 Å². The van der Waals surface area contributed by atoms with Crippen molar-refractivity contribution in [3.05, 3.63) is 71.8 Å². The van der Waals surface area contributed by atoms with Gasteiger partial charge >= 0.3 is 0 Å². The molecule has 0 aliphatic carbocycles. The van der Waals surface area contributed by atoms with E-state index in [4.69, 9.17) is 9.40 Å². The highest BCUT2D eigenvalue weighted by Crippen LogP contribution is 2.25. The lowest BCUT2D eigenvalue weighted by Gasteiger charge is -2.36. The van der Waals surface area contributed by atoms with Gasteiger partial charge in [-0.1, -0.05) is 49.4 Å². The number of rotatable bonds is 10. The smallest absolute Gasteiger partial charge is 0.208 e. The molecule has 0 atom stereocenters. The maximum Gasteiger partial charge on any atom is 0.208 e. The number of nitrogens with one attached hydrogen (secondary N) is 1. The first-order valence-corrected chi connectivity index (χ1v) is 12.0. The van der Waals surface area contributed by atoms with E-state index in [0.29, 0.717) is 6.54 Å². The quantitative estimate of drug-likeness (QED) is 0.462. The first-order valence-electron chi connectivity index (χ1n) is 12.0.